The average Bonchev–Trinajstić information content (AvgIpc) is 3.45. The average molecular weight is 566 g/mol. The lowest BCUT2D eigenvalue weighted by atomic mass is 9.72. The van der Waals surface area contributed by atoms with Crippen molar-refractivity contribution in [2.24, 2.45) is 5.92 Å². The van der Waals surface area contributed by atoms with Crippen LogP contribution in [0.1, 0.15) is 30.4 Å². The summed E-state index contributed by atoms with van der Waals surface area (Å²) in [7, 11) is 1.65. The van der Waals surface area contributed by atoms with E-state index < -0.39 is 0 Å². The quantitative estimate of drug-likeness (QED) is 0.298. The highest BCUT2D eigenvalue weighted by molar-refractivity contribution is 5.85. The fourth-order valence-electron chi connectivity index (χ4n) is 6.81. The third kappa shape index (κ3) is 5.26. The van der Waals surface area contributed by atoms with Crippen molar-refractivity contribution >= 4 is 11.3 Å². The van der Waals surface area contributed by atoms with Gasteiger partial charge in [-0.3, -0.25) is 4.90 Å². The molecule has 1 aliphatic carbocycles. The maximum absolute atomic E-state index is 9.76. The van der Waals surface area contributed by atoms with Gasteiger partial charge in [-0.1, -0.05) is 6.07 Å². The summed E-state index contributed by atoms with van der Waals surface area (Å²) in [5.74, 6) is 3.06. The number of pyridine rings is 3. The van der Waals surface area contributed by atoms with Crippen LogP contribution in [-0.2, 0) is 11.2 Å². The molecule has 4 fully saturated rings. The number of ether oxygens (including phenoxy) is 3. The van der Waals surface area contributed by atoms with Gasteiger partial charge >= 0.3 is 0 Å². The second kappa shape index (κ2) is 11.6. The normalized spacial score (nSPS) is 22.0. The van der Waals surface area contributed by atoms with Crippen molar-refractivity contribution in [3.8, 4) is 28.8 Å². The van der Waals surface area contributed by atoms with E-state index in [-0.39, 0.29) is 0 Å². The molecule has 4 aliphatic rings. The van der Waals surface area contributed by atoms with E-state index in [0.29, 0.717) is 36.1 Å². The van der Waals surface area contributed by atoms with Crippen molar-refractivity contribution < 1.29 is 14.2 Å². The zero-order valence-electron chi connectivity index (χ0n) is 23.9. The topological polar surface area (TPSA) is 101 Å². The van der Waals surface area contributed by atoms with Crippen molar-refractivity contribution in [2.75, 3.05) is 51.5 Å². The Hall–Kier alpha value is -4.20. The number of nitriles is 1. The number of hydrogen-bond donors (Lipinski definition) is 0. The lowest BCUT2D eigenvalue weighted by molar-refractivity contribution is 0.0322. The molecule has 3 saturated heterocycles. The van der Waals surface area contributed by atoms with Gasteiger partial charge in [0.2, 0.25) is 5.88 Å². The van der Waals surface area contributed by atoms with Gasteiger partial charge in [0.05, 0.1) is 43.8 Å². The predicted molar refractivity (Wildman–Crippen MR) is 158 cm³/mol. The van der Waals surface area contributed by atoms with Crippen molar-refractivity contribution in [3.63, 3.8) is 0 Å². The molecule has 0 radical (unpaired) electrons. The van der Waals surface area contributed by atoms with E-state index in [4.69, 9.17) is 19.2 Å². The van der Waals surface area contributed by atoms with Gasteiger partial charge in [-0.05, 0) is 55.4 Å². The molecule has 8 rings (SSSR count). The van der Waals surface area contributed by atoms with Crippen LogP contribution in [0.5, 0.6) is 11.6 Å². The number of aromatic nitrogens is 4. The van der Waals surface area contributed by atoms with E-state index >= 15 is 0 Å². The Balaban J connectivity index is 1.05. The van der Waals surface area contributed by atoms with Gasteiger partial charge in [-0.25, -0.2) is 14.5 Å². The van der Waals surface area contributed by atoms with E-state index in [9.17, 15) is 5.26 Å². The minimum absolute atomic E-state index is 0.522. The van der Waals surface area contributed by atoms with Crippen molar-refractivity contribution in [3.05, 3.63) is 66.2 Å². The number of rotatable bonds is 9. The summed E-state index contributed by atoms with van der Waals surface area (Å²) in [6, 6.07) is 13.6. The van der Waals surface area contributed by atoms with Crippen LogP contribution in [0.2, 0.25) is 0 Å². The number of morpholine rings is 1. The van der Waals surface area contributed by atoms with Gasteiger partial charge in [0.1, 0.15) is 24.2 Å². The molecule has 2 atom stereocenters. The van der Waals surface area contributed by atoms with E-state index in [0.717, 1.165) is 80.3 Å². The second-order valence-corrected chi connectivity index (χ2v) is 11.5. The lowest BCUT2D eigenvalue weighted by Crippen LogP contribution is -2.61. The van der Waals surface area contributed by atoms with Crippen molar-refractivity contribution in [1.29, 1.82) is 5.26 Å². The number of piperidine rings is 1. The predicted octanol–water partition coefficient (Wildman–Crippen LogP) is 3.98. The molecule has 0 amide bonds. The fourth-order valence-corrected chi connectivity index (χ4v) is 6.81. The fraction of sp³-hybridized carbons (Fsp3) is 0.438. The Morgan fingerprint density at radius 2 is 1.88 bits per heavy atom. The maximum atomic E-state index is 9.76. The summed E-state index contributed by atoms with van der Waals surface area (Å²) >= 11 is 0. The standard InChI is InChI=1S/C32H35N7O3/c1-40-31-5-2-22(18-35-31)12-23-13-26-15-27(14-23)39(26)30-4-3-24(19-34-30)29-16-28(21-38-32(29)25(17-33)20-36-38)42-11-8-37-6-9-41-10-7-37/h2-5,16,18-21,23,26-27H,6-15H2,1H3. The number of nitrogens with zero attached hydrogens (tertiary/aromatic N) is 7. The van der Waals surface area contributed by atoms with Gasteiger partial charge in [0, 0.05) is 61.3 Å². The number of hydrogen-bond acceptors (Lipinski definition) is 9. The molecule has 2 bridgehead atoms. The summed E-state index contributed by atoms with van der Waals surface area (Å²) in [6.07, 6.45) is 11.9. The molecule has 7 heterocycles. The highest BCUT2D eigenvalue weighted by Crippen LogP contribution is 2.45. The summed E-state index contributed by atoms with van der Waals surface area (Å²) in [4.78, 5) is 14.1. The first kappa shape index (κ1) is 26.7. The molecule has 10 nitrogen and oxygen atoms in total. The molecule has 10 heteroatoms. The van der Waals surface area contributed by atoms with Crippen LogP contribution < -0.4 is 14.4 Å². The zero-order valence-corrected chi connectivity index (χ0v) is 23.9. The van der Waals surface area contributed by atoms with Crippen LogP contribution in [0.3, 0.4) is 0 Å². The van der Waals surface area contributed by atoms with Crippen LogP contribution in [0.25, 0.3) is 16.6 Å². The van der Waals surface area contributed by atoms with Crippen LogP contribution in [-0.4, -0.2) is 83.1 Å². The number of methoxy groups -OCH3 is 1. The van der Waals surface area contributed by atoms with Crippen LogP contribution in [0, 0.1) is 17.2 Å². The first-order valence-electron chi connectivity index (χ1n) is 14.8. The molecular weight excluding hydrogens is 530 g/mol. The van der Waals surface area contributed by atoms with Crippen LogP contribution in [0.4, 0.5) is 5.82 Å². The molecule has 0 spiro atoms. The molecule has 216 valence electrons. The Bertz CT molecular complexity index is 1560. The van der Waals surface area contributed by atoms with Crippen molar-refractivity contribution in [2.45, 2.75) is 37.8 Å². The Morgan fingerprint density at radius 3 is 2.60 bits per heavy atom. The minimum Gasteiger partial charge on any atom is -0.491 e. The van der Waals surface area contributed by atoms with Gasteiger partial charge in [-0.2, -0.15) is 10.4 Å². The van der Waals surface area contributed by atoms with Gasteiger partial charge in [0.25, 0.3) is 0 Å². The summed E-state index contributed by atoms with van der Waals surface area (Å²) in [5.41, 5.74) is 4.40. The van der Waals surface area contributed by atoms with Gasteiger partial charge in [0.15, 0.2) is 0 Å². The Morgan fingerprint density at radius 1 is 1.02 bits per heavy atom. The molecule has 0 aromatic carbocycles. The highest BCUT2D eigenvalue weighted by atomic mass is 16.5. The highest BCUT2D eigenvalue weighted by Gasteiger charge is 2.45. The Kier molecular flexibility index (Phi) is 7.36. The van der Waals surface area contributed by atoms with E-state index in [1.807, 2.05) is 30.7 Å². The molecule has 0 N–H and O–H groups in total. The van der Waals surface area contributed by atoms with Crippen LogP contribution in [0.15, 0.2) is 55.1 Å². The molecule has 2 unspecified atom stereocenters. The third-order valence-electron chi connectivity index (χ3n) is 8.88. The zero-order chi connectivity index (χ0) is 28.5. The second-order valence-electron chi connectivity index (χ2n) is 11.5. The molecule has 3 aliphatic heterocycles. The largest absolute Gasteiger partial charge is 0.491 e. The molecular formula is C32H35N7O3. The number of anilines is 1. The molecule has 42 heavy (non-hydrogen) atoms. The smallest absolute Gasteiger partial charge is 0.212 e. The first-order chi connectivity index (χ1) is 20.7. The van der Waals surface area contributed by atoms with Crippen molar-refractivity contribution in [1.82, 2.24) is 24.5 Å². The monoisotopic (exact) mass is 565 g/mol. The van der Waals surface area contributed by atoms with Gasteiger partial charge < -0.3 is 19.1 Å². The summed E-state index contributed by atoms with van der Waals surface area (Å²) < 4.78 is 18.5. The summed E-state index contributed by atoms with van der Waals surface area (Å²) in [6.45, 7) is 4.80. The third-order valence-corrected chi connectivity index (χ3v) is 8.88. The molecule has 4 aromatic rings. The lowest BCUT2D eigenvalue weighted by Gasteiger charge is -2.56. The molecule has 4 aromatic heterocycles. The van der Waals surface area contributed by atoms with Crippen LogP contribution >= 0.6 is 0 Å². The Labute approximate surface area is 245 Å². The SMILES string of the molecule is COc1ccc(CC2CC3CC(C2)N3c2ccc(-c3cc(OCCN4CCOCC4)cn4ncc(C#N)c34)cn2)cn1. The van der Waals surface area contributed by atoms with E-state index in [1.54, 1.807) is 17.8 Å². The number of fused-ring (bicyclic) bond motifs is 3. The molecule has 1 saturated carbocycles. The van der Waals surface area contributed by atoms with E-state index in [2.05, 4.69) is 44.2 Å². The van der Waals surface area contributed by atoms with Gasteiger partial charge in [-0.15, -0.1) is 0 Å². The summed E-state index contributed by atoms with van der Waals surface area (Å²) in [5, 5.41) is 14.2. The maximum Gasteiger partial charge on any atom is 0.212 e. The van der Waals surface area contributed by atoms with E-state index in [1.165, 1.54) is 12.0 Å². The minimum atomic E-state index is 0.522. The first-order valence-corrected chi connectivity index (χ1v) is 14.8.